The first kappa shape index (κ1) is 34.3. The maximum atomic E-state index is 11.9. The molecular weight excluding hydrogens is 590 g/mol. The van der Waals surface area contributed by atoms with Crippen molar-refractivity contribution in [2.24, 2.45) is 0 Å². The Balaban J connectivity index is 1.84. The molecular formula is C20H35NO19S. The van der Waals surface area contributed by atoms with Crippen molar-refractivity contribution in [3.8, 4) is 0 Å². The first-order valence-electron chi connectivity index (χ1n) is 12.2. The van der Waals surface area contributed by atoms with Gasteiger partial charge < -0.3 is 75.0 Å². The predicted molar refractivity (Wildman–Crippen MR) is 123 cm³/mol. The number of aliphatic hydroxyl groups excluding tert-OH is 9. The van der Waals surface area contributed by atoms with Crippen molar-refractivity contribution in [1.29, 1.82) is 0 Å². The van der Waals surface area contributed by atoms with Crippen LogP contribution in [0, 0.1) is 0 Å². The molecule has 3 fully saturated rings. The van der Waals surface area contributed by atoms with Crippen LogP contribution in [0.25, 0.3) is 0 Å². The van der Waals surface area contributed by atoms with Gasteiger partial charge in [-0.25, -0.2) is 4.18 Å². The topological polar surface area (TPSA) is 321 Å². The van der Waals surface area contributed by atoms with E-state index >= 15 is 0 Å². The Labute approximate surface area is 232 Å². The molecule has 21 heteroatoms. The van der Waals surface area contributed by atoms with E-state index < -0.39 is 128 Å². The van der Waals surface area contributed by atoms with E-state index in [2.05, 4.69) is 9.50 Å². The van der Waals surface area contributed by atoms with E-state index in [4.69, 9.17) is 28.2 Å². The Morgan fingerprint density at radius 1 is 0.756 bits per heavy atom. The minimum Gasteiger partial charge on any atom is -0.394 e. The SMILES string of the molecule is CC(=O)N[C@H]1[C@H](OC[C@H]2O[C@H](O)[C@@H](O)[C@@H](O)[C@@H]2O)O[C@H](COS(=O)(=O)O)[C@@H](O[C@@H]2O[C@H](CO)[C@H](O)[C@H](O)[C@H]2O)[C@@H]1O. The van der Waals surface area contributed by atoms with Crippen molar-refractivity contribution in [3.63, 3.8) is 0 Å². The van der Waals surface area contributed by atoms with Gasteiger partial charge in [0.25, 0.3) is 0 Å². The van der Waals surface area contributed by atoms with Crippen LogP contribution in [0.15, 0.2) is 0 Å². The molecule has 0 spiro atoms. The van der Waals surface area contributed by atoms with Gasteiger partial charge in [0.05, 0.1) is 19.8 Å². The predicted octanol–water partition coefficient (Wildman–Crippen LogP) is -7.60. The molecule has 0 saturated carbocycles. The standard InChI is InChI=1S/C20H35NO19S/c1-5(23)21-9-12(26)17(40-20-16(30)14(28)10(24)6(2-22)38-20)8(4-36-41(32,33)34)39-19(9)35-3-7-11(25)13(27)15(29)18(31)37-7/h6-20,22,24-31H,2-4H2,1H3,(H,21,23)(H,32,33,34)/t6-,7-,8-,9-,10+,11-,12-,13+,14+,15+,16-,17-,18+,19-,20+/m1/s1. The lowest BCUT2D eigenvalue weighted by Crippen LogP contribution is -2.68. The second-order valence-corrected chi connectivity index (χ2v) is 10.7. The molecule has 3 aliphatic rings. The van der Waals surface area contributed by atoms with Crippen LogP contribution in [-0.4, -0.2) is 177 Å². The van der Waals surface area contributed by atoms with Crippen molar-refractivity contribution < 1.29 is 91.6 Å². The van der Waals surface area contributed by atoms with Gasteiger partial charge in [-0.15, -0.1) is 0 Å². The van der Waals surface area contributed by atoms with Crippen LogP contribution < -0.4 is 5.32 Å². The summed E-state index contributed by atoms with van der Waals surface area (Å²) >= 11 is 0. The van der Waals surface area contributed by atoms with E-state index in [1.165, 1.54) is 0 Å². The van der Waals surface area contributed by atoms with Gasteiger partial charge in [0.15, 0.2) is 18.9 Å². The summed E-state index contributed by atoms with van der Waals surface area (Å²) < 4.78 is 62.8. The zero-order chi connectivity index (χ0) is 30.8. The smallest absolute Gasteiger partial charge is 0.394 e. The normalized spacial score (nSPS) is 45.8. The van der Waals surface area contributed by atoms with Crippen LogP contribution in [0.4, 0.5) is 0 Å². The number of hydrogen-bond donors (Lipinski definition) is 11. The summed E-state index contributed by atoms with van der Waals surface area (Å²) in [5, 5.41) is 92.7. The molecule has 0 unspecified atom stereocenters. The lowest BCUT2D eigenvalue weighted by atomic mass is 9.95. The molecule has 0 aromatic heterocycles. The van der Waals surface area contributed by atoms with E-state index in [1.54, 1.807) is 0 Å². The number of hydrogen-bond acceptors (Lipinski definition) is 18. The Morgan fingerprint density at radius 2 is 1.34 bits per heavy atom. The van der Waals surface area contributed by atoms with Crippen LogP contribution in [0.2, 0.25) is 0 Å². The molecule has 11 N–H and O–H groups in total. The average molecular weight is 626 g/mol. The van der Waals surface area contributed by atoms with Gasteiger partial charge in [-0.2, -0.15) is 8.42 Å². The van der Waals surface area contributed by atoms with Gasteiger partial charge in [-0.1, -0.05) is 0 Å². The number of ether oxygens (including phenoxy) is 5. The number of carbonyl (C=O) groups is 1. The Kier molecular flexibility index (Phi) is 11.7. The summed E-state index contributed by atoms with van der Waals surface area (Å²) in [6.07, 6.45) is -24.9. The number of carbonyl (C=O) groups excluding carboxylic acids is 1. The summed E-state index contributed by atoms with van der Waals surface area (Å²) in [5.74, 6) is -0.742. The quantitative estimate of drug-likeness (QED) is 0.100. The van der Waals surface area contributed by atoms with Crippen molar-refractivity contribution in [3.05, 3.63) is 0 Å². The van der Waals surface area contributed by atoms with Gasteiger partial charge in [-0.05, 0) is 0 Å². The van der Waals surface area contributed by atoms with Gasteiger partial charge >= 0.3 is 10.4 Å². The molecule has 41 heavy (non-hydrogen) atoms. The largest absolute Gasteiger partial charge is 0.397 e. The molecule has 3 saturated heterocycles. The summed E-state index contributed by atoms with van der Waals surface area (Å²) in [7, 11) is -5.09. The fourth-order valence-corrected chi connectivity index (χ4v) is 4.81. The fourth-order valence-electron chi connectivity index (χ4n) is 4.50. The van der Waals surface area contributed by atoms with E-state index in [9.17, 15) is 59.2 Å². The second kappa shape index (κ2) is 14.0. The van der Waals surface area contributed by atoms with E-state index in [-0.39, 0.29) is 0 Å². The van der Waals surface area contributed by atoms with Crippen LogP contribution >= 0.6 is 0 Å². The molecule has 1 amide bonds. The molecule has 15 atom stereocenters. The van der Waals surface area contributed by atoms with Crippen LogP contribution in [0.1, 0.15) is 6.92 Å². The Hall–Kier alpha value is -1.22. The molecule has 3 rings (SSSR count). The third-order valence-electron chi connectivity index (χ3n) is 6.68. The fraction of sp³-hybridized carbons (Fsp3) is 0.950. The van der Waals surface area contributed by atoms with Crippen LogP contribution in [-0.2, 0) is 43.1 Å². The van der Waals surface area contributed by atoms with Crippen molar-refractivity contribution in [1.82, 2.24) is 5.32 Å². The molecule has 240 valence electrons. The Bertz CT molecular complexity index is 970. The zero-order valence-electron chi connectivity index (χ0n) is 21.3. The molecule has 0 aliphatic carbocycles. The number of amides is 1. The summed E-state index contributed by atoms with van der Waals surface area (Å²) in [6, 6.07) is -1.55. The number of rotatable bonds is 10. The highest BCUT2D eigenvalue weighted by atomic mass is 32.3. The summed E-state index contributed by atoms with van der Waals surface area (Å²) in [4.78, 5) is 11.9. The molecule has 3 aliphatic heterocycles. The minimum atomic E-state index is -5.09. The number of aliphatic hydroxyl groups is 9. The Morgan fingerprint density at radius 3 is 1.93 bits per heavy atom. The van der Waals surface area contributed by atoms with Gasteiger partial charge in [0.1, 0.15) is 73.2 Å². The van der Waals surface area contributed by atoms with E-state index in [0.29, 0.717) is 0 Å². The molecule has 0 bridgehead atoms. The second-order valence-electron chi connectivity index (χ2n) is 9.64. The molecule has 0 aromatic rings. The third kappa shape index (κ3) is 8.24. The maximum Gasteiger partial charge on any atom is 0.397 e. The highest BCUT2D eigenvalue weighted by Gasteiger charge is 2.52. The molecule has 3 heterocycles. The van der Waals surface area contributed by atoms with Crippen LogP contribution in [0.3, 0.4) is 0 Å². The average Bonchev–Trinajstić information content (AvgIpc) is 2.90. The summed E-state index contributed by atoms with van der Waals surface area (Å²) in [6.45, 7) is -1.53. The van der Waals surface area contributed by atoms with Gasteiger partial charge in [0, 0.05) is 6.92 Å². The van der Waals surface area contributed by atoms with Gasteiger partial charge in [-0.3, -0.25) is 9.35 Å². The maximum absolute atomic E-state index is 11.9. The lowest BCUT2D eigenvalue weighted by Gasteiger charge is -2.47. The lowest BCUT2D eigenvalue weighted by molar-refractivity contribution is -0.351. The highest BCUT2D eigenvalue weighted by molar-refractivity contribution is 7.80. The van der Waals surface area contributed by atoms with Crippen molar-refractivity contribution in [2.45, 2.75) is 99.0 Å². The van der Waals surface area contributed by atoms with E-state index in [1.807, 2.05) is 0 Å². The van der Waals surface area contributed by atoms with Gasteiger partial charge in [0.2, 0.25) is 5.91 Å². The van der Waals surface area contributed by atoms with E-state index in [0.717, 1.165) is 6.92 Å². The molecule has 0 radical (unpaired) electrons. The monoisotopic (exact) mass is 625 g/mol. The van der Waals surface area contributed by atoms with Crippen molar-refractivity contribution in [2.75, 3.05) is 19.8 Å². The summed E-state index contributed by atoms with van der Waals surface area (Å²) in [5.41, 5.74) is 0. The third-order valence-corrected chi connectivity index (χ3v) is 7.11. The first-order valence-corrected chi connectivity index (χ1v) is 13.6. The number of nitrogens with one attached hydrogen (secondary N) is 1. The minimum absolute atomic E-state index is 0.695. The highest BCUT2D eigenvalue weighted by Crippen LogP contribution is 2.31. The zero-order valence-corrected chi connectivity index (χ0v) is 22.2. The first-order chi connectivity index (χ1) is 19.0. The molecule has 20 nitrogen and oxygen atoms in total. The van der Waals surface area contributed by atoms with Crippen LogP contribution in [0.5, 0.6) is 0 Å². The molecule has 0 aromatic carbocycles. The van der Waals surface area contributed by atoms with Crippen molar-refractivity contribution >= 4 is 16.3 Å².